The Hall–Kier alpha value is -3.79. The van der Waals surface area contributed by atoms with E-state index in [1.54, 1.807) is 12.1 Å². The van der Waals surface area contributed by atoms with E-state index >= 15 is 0 Å². The van der Waals surface area contributed by atoms with Crippen LogP contribution in [-0.2, 0) is 28.7 Å². The highest BCUT2D eigenvalue weighted by Gasteiger charge is 2.35. The van der Waals surface area contributed by atoms with Gasteiger partial charge in [-0.25, -0.2) is 4.98 Å². The molecule has 0 aliphatic heterocycles. The van der Waals surface area contributed by atoms with Crippen LogP contribution in [-0.4, -0.2) is 41.1 Å². The van der Waals surface area contributed by atoms with Gasteiger partial charge in [0.05, 0.1) is 23.7 Å². The highest BCUT2D eigenvalue weighted by molar-refractivity contribution is 7.22. The standard InChI is InChI=1S/C49H65NO8S/c1-3-5-10-32-14-18-35(19-15-32)46(51)55-39-26-22-37(23-27-39)48(53)57-41-30-31-42(44-43(41)50-45(59-44)34-12-8-7-9-13-34)58-49(54)38-24-28-40(29-25-38)56-47(52)36-20-16-33(17-21-36)11-6-4-2/h7-9,12-13,30-33,35-40H,3-6,10-11,14-29H2,1-2H3. The minimum absolute atomic E-state index is 0.0000514. The molecule has 10 heteroatoms. The molecular weight excluding hydrogens is 763 g/mol. The molecule has 3 aromatic rings. The number of esters is 4. The van der Waals surface area contributed by atoms with Crippen LogP contribution in [0.4, 0.5) is 0 Å². The summed E-state index contributed by atoms with van der Waals surface area (Å²) >= 11 is 1.40. The number of hydrogen-bond donors (Lipinski definition) is 0. The number of rotatable bonds is 15. The summed E-state index contributed by atoms with van der Waals surface area (Å²) in [6.07, 6.45) is 20.3. The molecule has 0 atom stereocenters. The third kappa shape index (κ3) is 11.5. The fraction of sp³-hybridized carbons (Fsp3) is 0.653. The quantitative estimate of drug-likeness (QED) is 0.109. The lowest BCUT2D eigenvalue weighted by molar-refractivity contribution is -0.159. The Kier molecular flexibility index (Phi) is 15.5. The van der Waals surface area contributed by atoms with E-state index in [9.17, 15) is 19.2 Å². The second-order valence-corrected chi connectivity index (χ2v) is 19.0. The lowest BCUT2D eigenvalue weighted by atomic mass is 9.80. The summed E-state index contributed by atoms with van der Waals surface area (Å²) in [5.41, 5.74) is 1.40. The molecule has 0 unspecified atom stereocenters. The van der Waals surface area contributed by atoms with Gasteiger partial charge in [0.25, 0.3) is 0 Å². The Morgan fingerprint density at radius 1 is 0.542 bits per heavy atom. The van der Waals surface area contributed by atoms with Gasteiger partial charge in [0.15, 0.2) is 11.5 Å². The molecule has 2 aromatic carbocycles. The Labute approximate surface area is 354 Å². The summed E-state index contributed by atoms with van der Waals surface area (Å²) in [5.74, 6) is 0.853. The minimum Gasteiger partial charge on any atom is -0.462 e. The van der Waals surface area contributed by atoms with Crippen LogP contribution in [0.2, 0.25) is 0 Å². The number of benzene rings is 2. The number of thiazole rings is 1. The number of carbonyl (C=O) groups is 4. The van der Waals surface area contributed by atoms with Crippen molar-refractivity contribution in [3.8, 4) is 22.1 Å². The molecule has 320 valence electrons. The van der Waals surface area contributed by atoms with E-state index in [0.717, 1.165) is 73.8 Å². The molecule has 4 fully saturated rings. The molecule has 0 bridgehead atoms. The molecule has 9 nitrogen and oxygen atoms in total. The number of nitrogens with zero attached hydrogens (tertiary/aromatic N) is 1. The first kappa shape index (κ1) is 43.3. The molecule has 1 aromatic heterocycles. The maximum absolute atomic E-state index is 13.6. The largest absolute Gasteiger partial charge is 0.462 e. The van der Waals surface area contributed by atoms with Crippen LogP contribution in [0, 0.1) is 35.5 Å². The maximum atomic E-state index is 13.6. The Morgan fingerprint density at radius 2 is 0.966 bits per heavy atom. The molecule has 7 rings (SSSR count). The van der Waals surface area contributed by atoms with Crippen molar-refractivity contribution in [2.45, 2.75) is 167 Å². The molecule has 59 heavy (non-hydrogen) atoms. The van der Waals surface area contributed by atoms with Crippen molar-refractivity contribution in [2.75, 3.05) is 0 Å². The van der Waals surface area contributed by atoms with Gasteiger partial charge in [-0.05, 0) is 127 Å². The normalized spacial score (nSPS) is 27.4. The SMILES string of the molecule is CCCCC1CCC(C(=O)OC2CCC(C(=O)Oc3ccc(OC(=O)C4CCC(OC(=O)C5CCC(CCCC)CC5)CC4)c4sc(-c5ccccc5)nc34)CC2)CC1. The molecule has 0 spiro atoms. The Bertz CT molecular complexity index is 1730. The van der Waals surface area contributed by atoms with E-state index in [0.29, 0.717) is 73.1 Å². The van der Waals surface area contributed by atoms with Gasteiger partial charge in [0.1, 0.15) is 27.4 Å². The maximum Gasteiger partial charge on any atom is 0.314 e. The topological polar surface area (TPSA) is 118 Å². The van der Waals surface area contributed by atoms with Crippen LogP contribution in [0.3, 0.4) is 0 Å². The Balaban J connectivity index is 0.921. The minimum atomic E-state index is -0.322. The van der Waals surface area contributed by atoms with E-state index < -0.39 is 0 Å². The molecule has 0 amide bonds. The average Bonchev–Trinajstić information content (AvgIpc) is 3.73. The predicted molar refractivity (Wildman–Crippen MR) is 230 cm³/mol. The van der Waals surface area contributed by atoms with Crippen LogP contribution < -0.4 is 9.47 Å². The summed E-state index contributed by atoms with van der Waals surface area (Å²) in [6, 6.07) is 13.2. The number of aromatic nitrogens is 1. The monoisotopic (exact) mass is 827 g/mol. The second-order valence-electron chi connectivity index (χ2n) is 18.0. The van der Waals surface area contributed by atoms with E-state index in [1.165, 1.54) is 49.9 Å². The van der Waals surface area contributed by atoms with E-state index in [2.05, 4.69) is 13.8 Å². The van der Waals surface area contributed by atoms with Gasteiger partial charge in [0.2, 0.25) is 0 Å². The number of ether oxygens (including phenoxy) is 4. The van der Waals surface area contributed by atoms with E-state index in [4.69, 9.17) is 23.9 Å². The number of carbonyl (C=O) groups excluding carboxylic acids is 4. The van der Waals surface area contributed by atoms with Crippen LogP contribution in [0.15, 0.2) is 42.5 Å². The summed E-state index contributed by atoms with van der Waals surface area (Å²) in [7, 11) is 0. The van der Waals surface area contributed by atoms with Crippen molar-refractivity contribution >= 4 is 45.4 Å². The van der Waals surface area contributed by atoms with Gasteiger partial charge in [-0.1, -0.05) is 82.7 Å². The van der Waals surface area contributed by atoms with Gasteiger partial charge >= 0.3 is 23.9 Å². The fourth-order valence-corrected chi connectivity index (χ4v) is 11.0. The van der Waals surface area contributed by atoms with Crippen molar-refractivity contribution in [1.82, 2.24) is 4.98 Å². The lowest BCUT2D eigenvalue weighted by Gasteiger charge is -2.31. The number of hydrogen-bond acceptors (Lipinski definition) is 10. The first-order chi connectivity index (χ1) is 28.8. The highest BCUT2D eigenvalue weighted by atomic mass is 32.1. The van der Waals surface area contributed by atoms with Crippen LogP contribution in [0.1, 0.15) is 155 Å². The Morgan fingerprint density at radius 3 is 1.44 bits per heavy atom. The third-order valence-electron chi connectivity index (χ3n) is 13.8. The summed E-state index contributed by atoms with van der Waals surface area (Å²) < 4.78 is 24.8. The van der Waals surface area contributed by atoms with Crippen molar-refractivity contribution < 1.29 is 38.1 Å². The van der Waals surface area contributed by atoms with Crippen molar-refractivity contribution in [2.24, 2.45) is 35.5 Å². The molecule has 4 saturated carbocycles. The zero-order chi connectivity index (χ0) is 41.1. The van der Waals surface area contributed by atoms with Gasteiger partial charge in [-0.15, -0.1) is 11.3 Å². The smallest absolute Gasteiger partial charge is 0.314 e. The van der Waals surface area contributed by atoms with Crippen molar-refractivity contribution in [1.29, 1.82) is 0 Å². The highest BCUT2D eigenvalue weighted by Crippen LogP contribution is 2.42. The molecule has 4 aliphatic carbocycles. The molecule has 0 N–H and O–H groups in total. The zero-order valence-electron chi connectivity index (χ0n) is 35.3. The molecule has 0 saturated heterocycles. The summed E-state index contributed by atoms with van der Waals surface area (Å²) in [5, 5.41) is 0.731. The lowest BCUT2D eigenvalue weighted by Crippen LogP contribution is -2.32. The summed E-state index contributed by atoms with van der Waals surface area (Å²) in [4.78, 5) is 58.1. The van der Waals surface area contributed by atoms with Gasteiger partial charge in [0, 0.05) is 5.56 Å². The molecule has 1 heterocycles. The average molecular weight is 828 g/mol. The van der Waals surface area contributed by atoms with Gasteiger partial charge in [-0.3, -0.25) is 19.2 Å². The van der Waals surface area contributed by atoms with Crippen molar-refractivity contribution in [3.05, 3.63) is 42.5 Å². The molecule has 0 radical (unpaired) electrons. The van der Waals surface area contributed by atoms with Crippen LogP contribution >= 0.6 is 11.3 Å². The van der Waals surface area contributed by atoms with Crippen LogP contribution in [0.25, 0.3) is 20.8 Å². The first-order valence-electron chi connectivity index (χ1n) is 23.1. The first-order valence-corrected chi connectivity index (χ1v) is 23.9. The zero-order valence-corrected chi connectivity index (χ0v) is 36.2. The van der Waals surface area contributed by atoms with Gasteiger partial charge < -0.3 is 18.9 Å². The molecule has 4 aliphatic rings. The van der Waals surface area contributed by atoms with E-state index in [1.807, 2.05) is 30.3 Å². The van der Waals surface area contributed by atoms with Gasteiger partial charge in [-0.2, -0.15) is 0 Å². The summed E-state index contributed by atoms with van der Waals surface area (Å²) in [6.45, 7) is 4.46. The molecular formula is C49H65NO8S. The fourth-order valence-electron chi connectivity index (χ4n) is 9.92. The third-order valence-corrected chi connectivity index (χ3v) is 14.9. The number of unbranched alkanes of at least 4 members (excludes halogenated alkanes) is 2. The second kappa shape index (κ2) is 21.1. The number of fused-ring (bicyclic) bond motifs is 1. The van der Waals surface area contributed by atoms with Crippen molar-refractivity contribution in [3.63, 3.8) is 0 Å². The van der Waals surface area contributed by atoms with Crippen LogP contribution in [0.5, 0.6) is 11.5 Å². The predicted octanol–water partition coefficient (Wildman–Crippen LogP) is 12.0. The van der Waals surface area contributed by atoms with E-state index in [-0.39, 0.29) is 59.8 Å².